The van der Waals surface area contributed by atoms with Crippen LogP contribution in [0.5, 0.6) is 0 Å². The van der Waals surface area contributed by atoms with Crippen LogP contribution in [0.15, 0.2) is 28.7 Å². The van der Waals surface area contributed by atoms with Gasteiger partial charge in [-0.2, -0.15) is 0 Å². The van der Waals surface area contributed by atoms with Gasteiger partial charge in [-0.05, 0) is 31.5 Å². The van der Waals surface area contributed by atoms with Gasteiger partial charge in [0.2, 0.25) is 5.91 Å². The molecule has 0 saturated carbocycles. The molecular weight excluding hydrogens is 280 g/mol. The van der Waals surface area contributed by atoms with E-state index in [9.17, 15) is 4.79 Å². The lowest BCUT2D eigenvalue weighted by Crippen LogP contribution is -2.37. The third kappa shape index (κ3) is 4.88. The second kappa shape index (κ2) is 7.45. The SMILES string of the molecule is CCN(CC)C(=O)CNCc1cccc(Br)c1. The Morgan fingerprint density at radius 1 is 1.35 bits per heavy atom. The van der Waals surface area contributed by atoms with E-state index >= 15 is 0 Å². The van der Waals surface area contributed by atoms with Gasteiger partial charge in [-0.1, -0.05) is 28.1 Å². The molecule has 0 unspecified atom stereocenters. The summed E-state index contributed by atoms with van der Waals surface area (Å²) < 4.78 is 1.06. The minimum absolute atomic E-state index is 0.157. The van der Waals surface area contributed by atoms with Gasteiger partial charge in [0.25, 0.3) is 0 Å². The molecule has 0 spiro atoms. The van der Waals surface area contributed by atoms with E-state index in [-0.39, 0.29) is 5.91 Å². The normalized spacial score (nSPS) is 10.3. The fourth-order valence-corrected chi connectivity index (χ4v) is 2.10. The zero-order chi connectivity index (χ0) is 12.7. The van der Waals surface area contributed by atoms with Gasteiger partial charge in [0.15, 0.2) is 0 Å². The summed E-state index contributed by atoms with van der Waals surface area (Å²) in [6.45, 7) is 6.65. The van der Waals surface area contributed by atoms with Crippen molar-refractivity contribution in [3.63, 3.8) is 0 Å². The van der Waals surface area contributed by atoms with Crippen molar-refractivity contribution in [2.75, 3.05) is 19.6 Å². The number of halogens is 1. The van der Waals surface area contributed by atoms with E-state index in [0.29, 0.717) is 13.1 Å². The van der Waals surface area contributed by atoms with Crippen LogP contribution < -0.4 is 5.32 Å². The summed E-state index contributed by atoms with van der Waals surface area (Å²) >= 11 is 3.43. The summed E-state index contributed by atoms with van der Waals surface area (Å²) in [5, 5.41) is 3.17. The Labute approximate surface area is 111 Å². The molecule has 0 heterocycles. The van der Waals surface area contributed by atoms with E-state index in [1.807, 2.05) is 36.9 Å². The first-order valence-corrected chi connectivity index (χ1v) is 6.69. The predicted octanol–water partition coefficient (Wildman–Crippen LogP) is 2.41. The van der Waals surface area contributed by atoms with Gasteiger partial charge >= 0.3 is 0 Å². The van der Waals surface area contributed by atoms with Crippen molar-refractivity contribution in [3.05, 3.63) is 34.3 Å². The molecule has 17 heavy (non-hydrogen) atoms. The number of nitrogens with one attached hydrogen (secondary N) is 1. The second-order valence-corrected chi connectivity index (χ2v) is 4.72. The van der Waals surface area contributed by atoms with Crippen molar-refractivity contribution in [2.45, 2.75) is 20.4 Å². The fourth-order valence-electron chi connectivity index (χ4n) is 1.65. The highest BCUT2D eigenvalue weighted by atomic mass is 79.9. The first-order chi connectivity index (χ1) is 8.17. The molecule has 0 saturated heterocycles. The van der Waals surface area contributed by atoms with E-state index in [2.05, 4.69) is 27.3 Å². The summed E-state index contributed by atoms with van der Waals surface area (Å²) in [5.41, 5.74) is 1.17. The molecule has 0 fully saturated rings. The molecule has 1 aromatic rings. The minimum Gasteiger partial charge on any atom is -0.342 e. The molecule has 0 aromatic heterocycles. The number of hydrogen-bond acceptors (Lipinski definition) is 2. The smallest absolute Gasteiger partial charge is 0.236 e. The Bertz CT molecular complexity index is 364. The van der Waals surface area contributed by atoms with Crippen LogP contribution in [0.25, 0.3) is 0 Å². The van der Waals surface area contributed by atoms with Crippen molar-refractivity contribution < 1.29 is 4.79 Å². The van der Waals surface area contributed by atoms with Crippen LogP contribution in [0, 0.1) is 0 Å². The summed E-state index contributed by atoms with van der Waals surface area (Å²) in [4.78, 5) is 13.5. The lowest BCUT2D eigenvalue weighted by molar-refractivity contribution is -0.129. The molecule has 1 amide bonds. The van der Waals surface area contributed by atoms with E-state index in [1.165, 1.54) is 5.56 Å². The van der Waals surface area contributed by atoms with Gasteiger partial charge in [0, 0.05) is 24.1 Å². The number of carbonyl (C=O) groups excluding carboxylic acids is 1. The quantitative estimate of drug-likeness (QED) is 0.875. The first-order valence-electron chi connectivity index (χ1n) is 5.90. The Balaban J connectivity index is 2.35. The van der Waals surface area contributed by atoms with Gasteiger partial charge < -0.3 is 10.2 Å². The van der Waals surface area contributed by atoms with Crippen LogP contribution in [0.4, 0.5) is 0 Å². The van der Waals surface area contributed by atoms with Crippen LogP contribution in [-0.4, -0.2) is 30.4 Å². The third-order valence-corrected chi connectivity index (χ3v) is 3.10. The Kier molecular flexibility index (Phi) is 6.22. The van der Waals surface area contributed by atoms with Gasteiger partial charge in [-0.3, -0.25) is 4.79 Å². The third-order valence-electron chi connectivity index (χ3n) is 2.61. The molecular formula is C13H19BrN2O. The van der Waals surface area contributed by atoms with Crippen LogP contribution >= 0.6 is 15.9 Å². The Morgan fingerprint density at radius 2 is 2.06 bits per heavy atom. The summed E-state index contributed by atoms with van der Waals surface area (Å²) in [7, 11) is 0. The molecule has 0 atom stereocenters. The average Bonchev–Trinajstić information content (AvgIpc) is 2.30. The van der Waals surface area contributed by atoms with Gasteiger partial charge in [-0.25, -0.2) is 0 Å². The van der Waals surface area contributed by atoms with E-state index < -0.39 is 0 Å². The molecule has 0 radical (unpaired) electrons. The van der Waals surface area contributed by atoms with Crippen LogP contribution in [0.1, 0.15) is 19.4 Å². The minimum atomic E-state index is 0.157. The van der Waals surface area contributed by atoms with Crippen LogP contribution in [-0.2, 0) is 11.3 Å². The van der Waals surface area contributed by atoms with Crippen molar-refractivity contribution in [2.24, 2.45) is 0 Å². The van der Waals surface area contributed by atoms with Crippen molar-refractivity contribution in [1.82, 2.24) is 10.2 Å². The highest BCUT2D eigenvalue weighted by molar-refractivity contribution is 9.10. The highest BCUT2D eigenvalue weighted by Crippen LogP contribution is 2.11. The van der Waals surface area contributed by atoms with Gasteiger partial charge in [0.05, 0.1) is 6.54 Å². The maximum Gasteiger partial charge on any atom is 0.236 e. The van der Waals surface area contributed by atoms with E-state index in [0.717, 1.165) is 17.6 Å². The zero-order valence-electron chi connectivity index (χ0n) is 10.4. The molecule has 0 bridgehead atoms. The van der Waals surface area contributed by atoms with E-state index in [1.54, 1.807) is 0 Å². The molecule has 1 aromatic carbocycles. The van der Waals surface area contributed by atoms with E-state index in [4.69, 9.17) is 0 Å². The number of amides is 1. The predicted molar refractivity (Wildman–Crippen MR) is 73.8 cm³/mol. The lowest BCUT2D eigenvalue weighted by atomic mass is 10.2. The molecule has 0 aliphatic carbocycles. The van der Waals surface area contributed by atoms with Gasteiger partial charge in [0.1, 0.15) is 0 Å². The summed E-state index contributed by atoms with van der Waals surface area (Å²) in [5.74, 6) is 0.157. The maximum atomic E-state index is 11.7. The summed E-state index contributed by atoms with van der Waals surface area (Å²) in [6.07, 6.45) is 0. The van der Waals surface area contributed by atoms with Gasteiger partial charge in [-0.15, -0.1) is 0 Å². The molecule has 0 aliphatic rings. The number of likely N-dealkylation sites (N-methyl/N-ethyl adjacent to an activating group) is 1. The Morgan fingerprint density at radius 3 is 2.65 bits per heavy atom. The molecule has 1 rings (SSSR count). The van der Waals surface area contributed by atoms with Crippen molar-refractivity contribution in [3.8, 4) is 0 Å². The molecule has 94 valence electrons. The lowest BCUT2D eigenvalue weighted by Gasteiger charge is -2.18. The van der Waals surface area contributed by atoms with Crippen molar-refractivity contribution in [1.29, 1.82) is 0 Å². The summed E-state index contributed by atoms with van der Waals surface area (Å²) in [6, 6.07) is 8.08. The monoisotopic (exact) mass is 298 g/mol. The largest absolute Gasteiger partial charge is 0.342 e. The fraction of sp³-hybridized carbons (Fsp3) is 0.462. The first kappa shape index (κ1) is 14.2. The molecule has 1 N–H and O–H groups in total. The topological polar surface area (TPSA) is 32.3 Å². The number of benzene rings is 1. The molecule has 0 aliphatic heterocycles. The molecule has 3 nitrogen and oxygen atoms in total. The maximum absolute atomic E-state index is 11.7. The standard InChI is InChI=1S/C13H19BrN2O/c1-3-16(4-2)13(17)10-15-9-11-6-5-7-12(14)8-11/h5-8,15H,3-4,9-10H2,1-2H3. The number of carbonyl (C=O) groups is 1. The Hall–Kier alpha value is -0.870. The second-order valence-electron chi connectivity index (χ2n) is 3.80. The van der Waals surface area contributed by atoms with Crippen LogP contribution in [0.3, 0.4) is 0 Å². The number of rotatable bonds is 6. The number of nitrogens with zero attached hydrogens (tertiary/aromatic N) is 1. The number of hydrogen-bond donors (Lipinski definition) is 1. The van der Waals surface area contributed by atoms with Crippen molar-refractivity contribution >= 4 is 21.8 Å². The van der Waals surface area contributed by atoms with Crippen LogP contribution in [0.2, 0.25) is 0 Å². The highest BCUT2D eigenvalue weighted by Gasteiger charge is 2.07. The average molecular weight is 299 g/mol. The zero-order valence-corrected chi connectivity index (χ0v) is 12.0. The molecule has 4 heteroatoms.